The van der Waals surface area contributed by atoms with E-state index in [1.54, 1.807) is 7.11 Å². The summed E-state index contributed by atoms with van der Waals surface area (Å²) in [5, 5.41) is 1.06. The first-order valence-corrected chi connectivity index (χ1v) is 6.02. The van der Waals surface area contributed by atoms with Crippen molar-refractivity contribution < 1.29 is 9.53 Å². The summed E-state index contributed by atoms with van der Waals surface area (Å²) in [6, 6.07) is 15.6. The Hall–Kier alpha value is -2.55. The Kier molecular flexibility index (Phi) is 2.80. The smallest absolute Gasteiger partial charge is 0.150 e. The fraction of sp³-hybridized carbons (Fsp3) is 0.0625. The quantitative estimate of drug-likeness (QED) is 0.667. The lowest BCUT2D eigenvalue weighted by Crippen LogP contribution is -1.92. The van der Waals surface area contributed by atoms with Gasteiger partial charge in [-0.15, -0.1) is 0 Å². The predicted octanol–water partition coefficient (Wildman–Crippen LogP) is 3.45. The molecule has 0 aliphatic rings. The predicted molar refractivity (Wildman–Crippen MR) is 75.2 cm³/mol. The van der Waals surface area contributed by atoms with E-state index >= 15 is 0 Å². The number of hydrogen-bond acceptors (Lipinski definition) is 2. The van der Waals surface area contributed by atoms with Crippen molar-refractivity contribution in [1.29, 1.82) is 0 Å². The summed E-state index contributed by atoms with van der Waals surface area (Å²) in [6.45, 7) is 0. The average molecular weight is 251 g/mol. The van der Waals surface area contributed by atoms with E-state index in [2.05, 4.69) is 4.57 Å². The number of rotatable bonds is 3. The zero-order valence-corrected chi connectivity index (χ0v) is 10.5. The van der Waals surface area contributed by atoms with Crippen LogP contribution < -0.4 is 4.74 Å². The molecule has 0 saturated carbocycles. The van der Waals surface area contributed by atoms with Gasteiger partial charge in [-0.05, 0) is 48.5 Å². The van der Waals surface area contributed by atoms with Crippen molar-refractivity contribution in [3.8, 4) is 11.4 Å². The van der Waals surface area contributed by atoms with Gasteiger partial charge in [-0.3, -0.25) is 4.79 Å². The van der Waals surface area contributed by atoms with Crippen LogP contribution in [0.2, 0.25) is 0 Å². The Labute approximate surface area is 111 Å². The SMILES string of the molecule is COc1ccc(-n2ccc3cc(C=O)ccc32)cc1. The standard InChI is InChI=1S/C16H13NO2/c1-19-15-5-3-14(4-6-15)17-9-8-13-10-12(11-18)2-7-16(13)17/h2-11H,1H3. The minimum absolute atomic E-state index is 0.694. The van der Waals surface area contributed by atoms with Gasteiger partial charge in [0.1, 0.15) is 12.0 Å². The molecular formula is C16H13NO2. The van der Waals surface area contributed by atoms with Crippen LogP contribution in [0, 0.1) is 0 Å². The third kappa shape index (κ3) is 1.99. The monoisotopic (exact) mass is 251 g/mol. The highest BCUT2D eigenvalue weighted by Crippen LogP contribution is 2.22. The van der Waals surface area contributed by atoms with Crippen molar-refractivity contribution in [2.45, 2.75) is 0 Å². The van der Waals surface area contributed by atoms with Crippen LogP contribution in [0.3, 0.4) is 0 Å². The molecule has 0 fully saturated rings. The molecule has 0 atom stereocenters. The molecule has 2 aromatic carbocycles. The number of carbonyl (C=O) groups is 1. The fourth-order valence-corrected chi connectivity index (χ4v) is 2.20. The number of aromatic nitrogens is 1. The molecule has 0 amide bonds. The molecule has 3 nitrogen and oxygen atoms in total. The molecule has 3 rings (SSSR count). The van der Waals surface area contributed by atoms with Crippen LogP contribution in [0.25, 0.3) is 16.6 Å². The van der Waals surface area contributed by atoms with Crippen molar-refractivity contribution in [1.82, 2.24) is 4.57 Å². The zero-order valence-electron chi connectivity index (χ0n) is 10.5. The molecule has 3 heteroatoms. The van der Waals surface area contributed by atoms with Gasteiger partial charge >= 0.3 is 0 Å². The van der Waals surface area contributed by atoms with Crippen molar-refractivity contribution in [3.63, 3.8) is 0 Å². The van der Waals surface area contributed by atoms with Gasteiger partial charge in [0.15, 0.2) is 0 Å². The van der Waals surface area contributed by atoms with E-state index in [0.29, 0.717) is 5.56 Å². The van der Waals surface area contributed by atoms with Crippen molar-refractivity contribution in [2.24, 2.45) is 0 Å². The van der Waals surface area contributed by atoms with E-state index in [9.17, 15) is 4.79 Å². The summed E-state index contributed by atoms with van der Waals surface area (Å²) in [5.74, 6) is 0.837. The molecule has 0 saturated heterocycles. The first kappa shape index (κ1) is 11.5. The van der Waals surface area contributed by atoms with Gasteiger partial charge in [-0.2, -0.15) is 0 Å². The van der Waals surface area contributed by atoms with Crippen molar-refractivity contribution in [3.05, 3.63) is 60.3 Å². The normalized spacial score (nSPS) is 10.6. The highest BCUT2D eigenvalue weighted by Gasteiger charge is 2.04. The van der Waals surface area contributed by atoms with E-state index < -0.39 is 0 Å². The molecular weight excluding hydrogens is 238 g/mol. The molecule has 3 aromatic rings. The van der Waals surface area contributed by atoms with E-state index in [1.165, 1.54) is 0 Å². The molecule has 19 heavy (non-hydrogen) atoms. The summed E-state index contributed by atoms with van der Waals surface area (Å²) in [5.41, 5.74) is 2.84. The highest BCUT2D eigenvalue weighted by atomic mass is 16.5. The second kappa shape index (κ2) is 4.61. The Morgan fingerprint density at radius 2 is 1.84 bits per heavy atom. The summed E-state index contributed by atoms with van der Waals surface area (Å²) in [4.78, 5) is 10.8. The van der Waals surface area contributed by atoms with Gasteiger partial charge in [0.25, 0.3) is 0 Å². The lowest BCUT2D eigenvalue weighted by Gasteiger charge is -2.06. The van der Waals surface area contributed by atoms with Gasteiger partial charge in [0, 0.05) is 22.8 Å². The maximum absolute atomic E-state index is 10.8. The molecule has 0 bridgehead atoms. The van der Waals surface area contributed by atoms with Gasteiger partial charge in [0.05, 0.1) is 12.6 Å². The molecule has 0 spiro atoms. The van der Waals surface area contributed by atoms with Crippen molar-refractivity contribution >= 4 is 17.2 Å². The van der Waals surface area contributed by atoms with Gasteiger partial charge in [-0.1, -0.05) is 0 Å². The summed E-state index contributed by atoms with van der Waals surface area (Å²) < 4.78 is 7.24. The number of methoxy groups -OCH3 is 1. The van der Waals surface area contributed by atoms with Crippen LogP contribution in [-0.4, -0.2) is 18.0 Å². The summed E-state index contributed by atoms with van der Waals surface area (Å²) in [6.07, 6.45) is 2.87. The van der Waals surface area contributed by atoms with E-state index in [-0.39, 0.29) is 0 Å². The summed E-state index contributed by atoms with van der Waals surface area (Å²) >= 11 is 0. The van der Waals surface area contributed by atoms with Crippen LogP contribution in [0.1, 0.15) is 10.4 Å². The maximum atomic E-state index is 10.8. The first-order valence-electron chi connectivity index (χ1n) is 6.02. The van der Waals surface area contributed by atoms with Gasteiger partial charge in [-0.25, -0.2) is 0 Å². The van der Waals surface area contributed by atoms with Crippen LogP contribution >= 0.6 is 0 Å². The second-order valence-electron chi connectivity index (χ2n) is 4.32. The number of fused-ring (bicyclic) bond motifs is 1. The average Bonchev–Trinajstić information content (AvgIpc) is 2.90. The molecule has 0 aliphatic carbocycles. The van der Waals surface area contributed by atoms with E-state index in [0.717, 1.165) is 28.6 Å². The number of aldehydes is 1. The zero-order chi connectivity index (χ0) is 13.2. The third-order valence-electron chi connectivity index (χ3n) is 3.20. The Morgan fingerprint density at radius 3 is 2.53 bits per heavy atom. The van der Waals surface area contributed by atoms with E-state index in [4.69, 9.17) is 4.74 Å². The molecule has 1 aromatic heterocycles. The number of nitrogens with zero attached hydrogens (tertiary/aromatic N) is 1. The topological polar surface area (TPSA) is 31.2 Å². The lowest BCUT2D eigenvalue weighted by atomic mass is 10.2. The molecule has 1 heterocycles. The van der Waals surface area contributed by atoms with Crippen LogP contribution in [0.5, 0.6) is 5.75 Å². The third-order valence-corrected chi connectivity index (χ3v) is 3.20. The Balaban J connectivity index is 2.11. The van der Waals surface area contributed by atoms with E-state index in [1.807, 2.05) is 54.7 Å². The largest absolute Gasteiger partial charge is 0.497 e. The first-order chi connectivity index (χ1) is 9.31. The number of carbonyl (C=O) groups excluding carboxylic acids is 1. The number of benzene rings is 2. The Bertz CT molecular complexity index is 726. The van der Waals surface area contributed by atoms with Crippen LogP contribution in [0.15, 0.2) is 54.7 Å². The second-order valence-corrected chi connectivity index (χ2v) is 4.32. The van der Waals surface area contributed by atoms with Gasteiger partial charge < -0.3 is 9.30 Å². The molecule has 0 N–H and O–H groups in total. The molecule has 94 valence electrons. The Morgan fingerprint density at radius 1 is 1.05 bits per heavy atom. The highest BCUT2D eigenvalue weighted by molar-refractivity contribution is 5.88. The summed E-state index contributed by atoms with van der Waals surface area (Å²) in [7, 11) is 1.65. The van der Waals surface area contributed by atoms with Crippen molar-refractivity contribution in [2.75, 3.05) is 7.11 Å². The number of ether oxygens (including phenoxy) is 1. The number of hydrogen-bond donors (Lipinski definition) is 0. The van der Waals surface area contributed by atoms with Crippen LogP contribution in [0.4, 0.5) is 0 Å². The molecule has 0 aliphatic heterocycles. The molecule has 0 radical (unpaired) electrons. The van der Waals surface area contributed by atoms with Gasteiger partial charge in [0.2, 0.25) is 0 Å². The fourth-order valence-electron chi connectivity index (χ4n) is 2.20. The van der Waals surface area contributed by atoms with Crippen LogP contribution in [-0.2, 0) is 0 Å². The lowest BCUT2D eigenvalue weighted by molar-refractivity contribution is 0.112. The minimum Gasteiger partial charge on any atom is -0.497 e. The minimum atomic E-state index is 0.694. The maximum Gasteiger partial charge on any atom is 0.150 e. The molecule has 0 unspecified atom stereocenters.